The Morgan fingerprint density at radius 3 is 2.88 bits per heavy atom. The summed E-state index contributed by atoms with van der Waals surface area (Å²) in [5.41, 5.74) is 7.49. The van der Waals surface area contributed by atoms with Crippen LogP contribution in [0.4, 0.5) is 10.1 Å². The molecule has 0 atom stereocenters. The lowest BCUT2D eigenvalue weighted by atomic mass is 10.2. The van der Waals surface area contributed by atoms with Gasteiger partial charge in [-0.15, -0.1) is 11.8 Å². The lowest BCUT2D eigenvalue weighted by molar-refractivity contribution is 0.626. The van der Waals surface area contributed by atoms with Crippen molar-refractivity contribution in [1.82, 2.24) is 4.98 Å². The minimum atomic E-state index is -0.242. The van der Waals surface area contributed by atoms with Crippen molar-refractivity contribution in [2.45, 2.75) is 10.6 Å². The van der Waals surface area contributed by atoms with Gasteiger partial charge in [-0.3, -0.25) is 4.98 Å². The fourth-order valence-electron chi connectivity index (χ4n) is 1.32. The van der Waals surface area contributed by atoms with E-state index in [1.54, 1.807) is 30.2 Å². The van der Waals surface area contributed by atoms with Crippen molar-refractivity contribution in [3.8, 4) is 0 Å². The van der Waals surface area contributed by atoms with E-state index in [1.165, 1.54) is 12.1 Å². The van der Waals surface area contributed by atoms with Gasteiger partial charge in [0.1, 0.15) is 5.82 Å². The highest BCUT2D eigenvalue weighted by molar-refractivity contribution is 9.10. The second-order valence-electron chi connectivity index (χ2n) is 3.44. The lowest BCUT2D eigenvalue weighted by Gasteiger charge is -2.06. The topological polar surface area (TPSA) is 38.9 Å². The molecule has 88 valence electrons. The lowest BCUT2D eigenvalue weighted by Crippen LogP contribution is -1.90. The molecule has 17 heavy (non-hydrogen) atoms. The first-order chi connectivity index (χ1) is 8.16. The van der Waals surface area contributed by atoms with Crippen LogP contribution in [0.3, 0.4) is 0 Å². The van der Waals surface area contributed by atoms with Gasteiger partial charge in [0.05, 0.1) is 11.9 Å². The molecule has 0 spiro atoms. The SMILES string of the molecule is Nc1cnccc1SCc1ccc(F)cc1Br. The molecule has 2 aromatic rings. The van der Waals surface area contributed by atoms with Crippen LogP contribution in [0.1, 0.15) is 5.56 Å². The predicted molar refractivity (Wildman–Crippen MR) is 72.3 cm³/mol. The summed E-state index contributed by atoms with van der Waals surface area (Å²) in [5, 5.41) is 0. The van der Waals surface area contributed by atoms with Crippen molar-refractivity contribution in [1.29, 1.82) is 0 Å². The van der Waals surface area contributed by atoms with Gasteiger partial charge in [0.2, 0.25) is 0 Å². The minimum Gasteiger partial charge on any atom is -0.397 e. The second kappa shape index (κ2) is 5.51. The molecule has 0 aliphatic rings. The van der Waals surface area contributed by atoms with Crippen LogP contribution >= 0.6 is 27.7 Å². The number of hydrogen-bond acceptors (Lipinski definition) is 3. The Balaban J connectivity index is 2.10. The number of nitrogen functional groups attached to an aromatic ring is 1. The van der Waals surface area contributed by atoms with Crippen LogP contribution in [-0.4, -0.2) is 4.98 Å². The van der Waals surface area contributed by atoms with Gasteiger partial charge >= 0.3 is 0 Å². The van der Waals surface area contributed by atoms with E-state index < -0.39 is 0 Å². The van der Waals surface area contributed by atoms with Crippen molar-refractivity contribution < 1.29 is 4.39 Å². The van der Waals surface area contributed by atoms with E-state index in [2.05, 4.69) is 20.9 Å². The third kappa shape index (κ3) is 3.20. The Labute approximate surface area is 112 Å². The summed E-state index contributed by atoms with van der Waals surface area (Å²) < 4.78 is 13.7. The van der Waals surface area contributed by atoms with E-state index in [4.69, 9.17) is 5.73 Å². The molecule has 0 aliphatic heterocycles. The van der Waals surface area contributed by atoms with Crippen molar-refractivity contribution in [3.63, 3.8) is 0 Å². The predicted octanol–water partition coefficient (Wildman–Crippen LogP) is 3.86. The number of nitrogens with two attached hydrogens (primary N) is 1. The average molecular weight is 313 g/mol. The Morgan fingerprint density at radius 1 is 1.35 bits per heavy atom. The van der Waals surface area contributed by atoms with Crippen LogP contribution in [0.2, 0.25) is 0 Å². The van der Waals surface area contributed by atoms with Crippen molar-refractivity contribution >= 4 is 33.4 Å². The first kappa shape index (κ1) is 12.4. The van der Waals surface area contributed by atoms with Crippen LogP contribution in [0, 0.1) is 5.82 Å². The highest BCUT2D eigenvalue weighted by Gasteiger charge is 2.04. The Kier molecular flexibility index (Phi) is 4.02. The molecule has 1 aromatic heterocycles. The molecule has 0 fully saturated rings. The van der Waals surface area contributed by atoms with Crippen molar-refractivity contribution in [2.75, 3.05) is 5.73 Å². The molecule has 5 heteroatoms. The molecule has 1 heterocycles. The van der Waals surface area contributed by atoms with Crippen LogP contribution in [0.5, 0.6) is 0 Å². The maximum absolute atomic E-state index is 12.9. The molecule has 0 amide bonds. The van der Waals surface area contributed by atoms with E-state index in [1.807, 2.05) is 6.07 Å². The molecule has 2 nitrogen and oxygen atoms in total. The normalized spacial score (nSPS) is 10.5. The minimum absolute atomic E-state index is 0.242. The monoisotopic (exact) mass is 312 g/mol. The molecular weight excluding hydrogens is 303 g/mol. The molecule has 2 N–H and O–H groups in total. The molecular formula is C12H10BrFN2S. The standard InChI is InChI=1S/C12H10BrFN2S/c13-10-5-9(14)2-1-8(10)7-17-12-3-4-16-6-11(12)15/h1-6H,7,15H2. The van der Waals surface area contributed by atoms with Gasteiger partial charge in [0.25, 0.3) is 0 Å². The van der Waals surface area contributed by atoms with Gasteiger partial charge in [-0.05, 0) is 23.8 Å². The van der Waals surface area contributed by atoms with Crippen LogP contribution in [-0.2, 0) is 5.75 Å². The van der Waals surface area contributed by atoms with Gasteiger partial charge in [0.15, 0.2) is 0 Å². The van der Waals surface area contributed by atoms with E-state index in [0.29, 0.717) is 5.69 Å². The number of rotatable bonds is 3. The summed E-state index contributed by atoms with van der Waals surface area (Å²) >= 11 is 4.94. The van der Waals surface area contributed by atoms with E-state index in [-0.39, 0.29) is 5.82 Å². The zero-order valence-electron chi connectivity index (χ0n) is 8.86. The Morgan fingerprint density at radius 2 is 2.18 bits per heavy atom. The average Bonchev–Trinajstić information content (AvgIpc) is 2.30. The highest BCUT2D eigenvalue weighted by atomic mass is 79.9. The summed E-state index contributed by atoms with van der Waals surface area (Å²) in [6, 6.07) is 6.56. The number of thioether (sulfide) groups is 1. The zero-order chi connectivity index (χ0) is 12.3. The fourth-order valence-corrected chi connectivity index (χ4v) is 2.94. The molecule has 0 saturated heterocycles. The number of pyridine rings is 1. The quantitative estimate of drug-likeness (QED) is 0.875. The number of anilines is 1. The third-order valence-corrected chi connectivity index (χ3v) is 4.08. The molecule has 2 rings (SSSR count). The van der Waals surface area contributed by atoms with E-state index >= 15 is 0 Å². The number of hydrogen-bond donors (Lipinski definition) is 1. The van der Waals surface area contributed by atoms with Crippen LogP contribution in [0.25, 0.3) is 0 Å². The molecule has 0 saturated carbocycles. The number of aromatic nitrogens is 1. The molecule has 0 aliphatic carbocycles. The van der Waals surface area contributed by atoms with Gasteiger partial charge in [-0.25, -0.2) is 4.39 Å². The van der Waals surface area contributed by atoms with Gasteiger partial charge in [0, 0.05) is 21.3 Å². The number of nitrogens with zero attached hydrogens (tertiary/aromatic N) is 1. The van der Waals surface area contributed by atoms with Crippen molar-refractivity contribution in [3.05, 3.63) is 52.5 Å². The third-order valence-electron chi connectivity index (χ3n) is 2.21. The summed E-state index contributed by atoms with van der Waals surface area (Å²) in [4.78, 5) is 4.91. The van der Waals surface area contributed by atoms with E-state index in [9.17, 15) is 4.39 Å². The Hall–Kier alpha value is -1.07. The summed E-state index contributed by atoms with van der Waals surface area (Å²) in [6.07, 6.45) is 3.33. The molecule has 1 aromatic carbocycles. The number of halogens is 2. The van der Waals surface area contributed by atoms with Gasteiger partial charge < -0.3 is 5.73 Å². The summed E-state index contributed by atoms with van der Waals surface area (Å²) in [5.74, 6) is 0.490. The summed E-state index contributed by atoms with van der Waals surface area (Å²) in [7, 11) is 0. The molecule has 0 radical (unpaired) electrons. The Bertz CT molecular complexity index is 534. The van der Waals surface area contributed by atoms with Crippen LogP contribution in [0.15, 0.2) is 46.0 Å². The maximum Gasteiger partial charge on any atom is 0.124 e. The number of benzene rings is 1. The first-order valence-corrected chi connectivity index (χ1v) is 6.71. The summed E-state index contributed by atoms with van der Waals surface area (Å²) in [6.45, 7) is 0. The van der Waals surface area contributed by atoms with E-state index in [0.717, 1.165) is 20.7 Å². The highest BCUT2D eigenvalue weighted by Crippen LogP contribution is 2.30. The second-order valence-corrected chi connectivity index (χ2v) is 5.31. The first-order valence-electron chi connectivity index (χ1n) is 4.93. The smallest absolute Gasteiger partial charge is 0.124 e. The fraction of sp³-hybridized carbons (Fsp3) is 0.0833. The maximum atomic E-state index is 12.9. The molecule has 0 unspecified atom stereocenters. The van der Waals surface area contributed by atoms with Crippen LogP contribution < -0.4 is 5.73 Å². The zero-order valence-corrected chi connectivity index (χ0v) is 11.3. The van der Waals surface area contributed by atoms with Crippen molar-refractivity contribution in [2.24, 2.45) is 0 Å². The molecule has 0 bridgehead atoms. The van der Waals surface area contributed by atoms with Gasteiger partial charge in [-0.2, -0.15) is 0 Å². The van der Waals surface area contributed by atoms with Gasteiger partial charge in [-0.1, -0.05) is 22.0 Å². The largest absolute Gasteiger partial charge is 0.397 e.